The number of hydrogen-bond acceptors (Lipinski definition) is 5. The van der Waals surface area contributed by atoms with Crippen LogP contribution in [0.2, 0.25) is 0 Å². The molecule has 1 amide bonds. The van der Waals surface area contributed by atoms with Crippen LogP contribution in [0.3, 0.4) is 0 Å². The third kappa shape index (κ3) is 4.68. The molecule has 144 valence electrons. The lowest BCUT2D eigenvalue weighted by Gasteiger charge is -2.18. The van der Waals surface area contributed by atoms with Crippen molar-refractivity contribution in [2.45, 2.75) is 45.3 Å². The Hall–Kier alpha value is -3.33. The molecule has 0 aliphatic heterocycles. The molecule has 3 rings (SSSR count). The van der Waals surface area contributed by atoms with Crippen molar-refractivity contribution in [2.24, 2.45) is 0 Å². The summed E-state index contributed by atoms with van der Waals surface area (Å²) in [5.41, 5.74) is 3.79. The Balaban J connectivity index is 1.52. The molecule has 0 heterocycles. The van der Waals surface area contributed by atoms with Gasteiger partial charge in [0.05, 0.1) is 11.6 Å². The van der Waals surface area contributed by atoms with Gasteiger partial charge in [-0.05, 0) is 80.6 Å². The fourth-order valence-corrected chi connectivity index (χ4v) is 3.08. The zero-order chi connectivity index (χ0) is 20.1. The van der Waals surface area contributed by atoms with Gasteiger partial charge < -0.3 is 14.8 Å². The largest absolute Gasteiger partial charge is 0.479 e. The van der Waals surface area contributed by atoms with Crippen molar-refractivity contribution in [3.8, 4) is 11.8 Å². The molecule has 6 nitrogen and oxygen atoms in total. The number of aryl methyl sites for hydroxylation is 2. The second kappa shape index (κ2) is 8.57. The first kappa shape index (κ1) is 19.4. The molecule has 1 N–H and O–H groups in total. The van der Waals surface area contributed by atoms with Gasteiger partial charge in [0.1, 0.15) is 5.75 Å². The minimum Gasteiger partial charge on any atom is -0.479 e. The maximum absolute atomic E-state index is 12.3. The molecule has 0 radical (unpaired) electrons. The number of ether oxygens (including phenoxy) is 2. The SMILES string of the molecule is C[C@H](OC(=O)[C@H](C)Oc1ccc(C#N)cc1)C(=O)Nc1ccc2c(c1)CCC2. The van der Waals surface area contributed by atoms with Gasteiger partial charge >= 0.3 is 5.97 Å². The molecule has 2 aromatic carbocycles. The number of rotatable bonds is 6. The minimum absolute atomic E-state index is 0.392. The van der Waals surface area contributed by atoms with Crippen LogP contribution in [0, 0.1) is 11.3 Å². The Kier molecular flexibility index (Phi) is 5.95. The summed E-state index contributed by atoms with van der Waals surface area (Å²) in [6.07, 6.45) is 1.40. The Morgan fingerprint density at radius 1 is 1.04 bits per heavy atom. The van der Waals surface area contributed by atoms with Crippen molar-refractivity contribution in [2.75, 3.05) is 5.32 Å². The van der Waals surface area contributed by atoms with E-state index in [4.69, 9.17) is 14.7 Å². The van der Waals surface area contributed by atoms with Crippen LogP contribution in [-0.2, 0) is 27.2 Å². The van der Waals surface area contributed by atoms with Crippen molar-refractivity contribution >= 4 is 17.6 Å². The highest BCUT2D eigenvalue weighted by atomic mass is 16.6. The van der Waals surface area contributed by atoms with Crippen molar-refractivity contribution in [1.82, 2.24) is 0 Å². The molecule has 6 heteroatoms. The van der Waals surface area contributed by atoms with Crippen LogP contribution in [0.25, 0.3) is 0 Å². The second-order valence-corrected chi connectivity index (χ2v) is 6.80. The fourth-order valence-electron chi connectivity index (χ4n) is 3.08. The van der Waals surface area contributed by atoms with Crippen LogP contribution in [0.15, 0.2) is 42.5 Å². The molecule has 0 aromatic heterocycles. The highest BCUT2D eigenvalue weighted by molar-refractivity contribution is 5.95. The Morgan fingerprint density at radius 3 is 2.46 bits per heavy atom. The maximum atomic E-state index is 12.3. The zero-order valence-electron chi connectivity index (χ0n) is 15.9. The third-order valence-corrected chi connectivity index (χ3v) is 4.66. The number of benzene rings is 2. The molecule has 1 aliphatic rings. The van der Waals surface area contributed by atoms with Gasteiger partial charge in [-0.2, -0.15) is 5.26 Å². The van der Waals surface area contributed by atoms with Crippen molar-refractivity contribution < 1.29 is 19.1 Å². The number of fused-ring (bicyclic) bond motifs is 1. The molecule has 0 unspecified atom stereocenters. The van der Waals surface area contributed by atoms with E-state index in [1.165, 1.54) is 18.1 Å². The number of carbonyl (C=O) groups excluding carboxylic acids is 2. The molecule has 2 atom stereocenters. The number of nitrogens with one attached hydrogen (secondary N) is 1. The van der Waals surface area contributed by atoms with E-state index >= 15 is 0 Å². The van der Waals surface area contributed by atoms with E-state index in [1.807, 2.05) is 24.3 Å². The van der Waals surface area contributed by atoms with Crippen LogP contribution in [-0.4, -0.2) is 24.1 Å². The Labute approximate surface area is 164 Å². The molecular weight excluding hydrogens is 356 g/mol. The Morgan fingerprint density at radius 2 is 1.75 bits per heavy atom. The summed E-state index contributed by atoms with van der Waals surface area (Å²) in [5.74, 6) is -0.587. The smallest absolute Gasteiger partial charge is 0.347 e. The molecule has 0 saturated heterocycles. The molecule has 2 aromatic rings. The first-order valence-electron chi connectivity index (χ1n) is 9.26. The van der Waals surface area contributed by atoms with E-state index in [0.717, 1.165) is 19.3 Å². The minimum atomic E-state index is -0.951. The van der Waals surface area contributed by atoms with Crippen LogP contribution in [0.5, 0.6) is 5.75 Å². The number of amides is 1. The summed E-state index contributed by atoms with van der Waals surface area (Å²) in [7, 11) is 0. The van der Waals surface area contributed by atoms with Gasteiger partial charge in [0, 0.05) is 5.69 Å². The summed E-state index contributed by atoms with van der Waals surface area (Å²) in [6, 6.07) is 14.3. The van der Waals surface area contributed by atoms with Gasteiger partial charge in [-0.1, -0.05) is 6.07 Å². The summed E-state index contributed by atoms with van der Waals surface area (Å²) in [5, 5.41) is 11.6. The van der Waals surface area contributed by atoms with E-state index in [0.29, 0.717) is 17.0 Å². The Bertz CT molecular complexity index is 915. The van der Waals surface area contributed by atoms with E-state index in [9.17, 15) is 9.59 Å². The van der Waals surface area contributed by atoms with Crippen molar-refractivity contribution in [3.63, 3.8) is 0 Å². The normalized spacial score (nSPS) is 14.3. The van der Waals surface area contributed by atoms with Gasteiger partial charge in [-0.25, -0.2) is 4.79 Å². The first-order chi connectivity index (χ1) is 13.5. The lowest BCUT2D eigenvalue weighted by molar-refractivity contribution is -0.159. The van der Waals surface area contributed by atoms with Crippen molar-refractivity contribution in [3.05, 3.63) is 59.2 Å². The van der Waals surface area contributed by atoms with Gasteiger partial charge in [0.2, 0.25) is 0 Å². The standard InChI is InChI=1S/C22H22N2O4/c1-14(21(25)24-19-9-8-17-4-3-5-18(17)12-19)28-22(26)15(2)27-20-10-6-16(13-23)7-11-20/h6-12,14-15H,3-5H2,1-2H3,(H,24,25)/t14-,15-/m0/s1. The monoisotopic (exact) mass is 378 g/mol. The summed E-state index contributed by atoms with van der Waals surface area (Å²) in [6.45, 7) is 3.07. The number of hydrogen-bond donors (Lipinski definition) is 1. The number of nitriles is 1. The third-order valence-electron chi connectivity index (χ3n) is 4.66. The number of carbonyl (C=O) groups is 2. The number of esters is 1. The molecule has 1 aliphatic carbocycles. The zero-order valence-corrected chi connectivity index (χ0v) is 15.9. The molecule has 0 spiro atoms. The average molecular weight is 378 g/mol. The number of nitrogens with zero attached hydrogens (tertiary/aromatic N) is 1. The highest BCUT2D eigenvalue weighted by Crippen LogP contribution is 2.25. The quantitative estimate of drug-likeness (QED) is 0.779. The van der Waals surface area contributed by atoms with Gasteiger partial charge in [-0.15, -0.1) is 0 Å². The second-order valence-electron chi connectivity index (χ2n) is 6.80. The van der Waals surface area contributed by atoms with Crippen molar-refractivity contribution in [1.29, 1.82) is 5.26 Å². The lowest BCUT2D eigenvalue weighted by Crippen LogP contribution is -2.35. The predicted octanol–water partition coefficient (Wildman–Crippen LogP) is 3.38. The maximum Gasteiger partial charge on any atom is 0.347 e. The van der Waals surface area contributed by atoms with E-state index in [-0.39, 0.29) is 0 Å². The molecule has 0 fully saturated rings. The van der Waals surface area contributed by atoms with Gasteiger partial charge in [0.25, 0.3) is 5.91 Å². The first-order valence-corrected chi connectivity index (χ1v) is 9.26. The summed E-state index contributed by atoms with van der Waals surface area (Å²) in [4.78, 5) is 24.6. The predicted molar refractivity (Wildman–Crippen MR) is 104 cm³/mol. The molecular formula is C22H22N2O4. The van der Waals surface area contributed by atoms with E-state index in [2.05, 4.69) is 5.32 Å². The average Bonchev–Trinajstić information content (AvgIpc) is 3.16. The molecule has 0 saturated carbocycles. The van der Waals surface area contributed by atoms with E-state index in [1.54, 1.807) is 31.2 Å². The van der Waals surface area contributed by atoms with Gasteiger partial charge in [-0.3, -0.25) is 4.79 Å². The summed E-state index contributed by atoms with van der Waals surface area (Å²) >= 11 is 0. The summed E-state index contributed by atoms with van der Waals surface area (Å²) < 4.78 is 10.7. The fraction of sp³-hybridized carbons (Fsp3) is 0.318. The molecule has 28 heavy (non-hydrogen) atoms. The molecule has 0 bridgehead atoms. The van der Waals surface area contributed by atoms with Crippen LogP contribution < -0.4 is 10.1 Å². The topological polar surface area (TPSA) is 88.4 Å². The van der Waals surface area contributed by atoms with Crippen LogP contribution in [0.1, 0.15) is 37.0 Å². The van der Waals surface area contributed by atoms with Crippen LogP contribution >= 0.6 is 0 Å². The number of anilines is 1. The highest BCUT2D eigenvalue weighted by Gasteiger charge is 2.23. The van der Waals surface area contributed by atoms with E-state index < -0.39 is 24.1 Å². The van der Waals surface area contributed by atoms with Crippen LogP contribution in [0.4, 0.5) is 5.69 Å². The lowest BCUT2D eigenvalue weighted by atomic mass is 10.1. The van der Waals surface area contributed by atoms with Gasteiger partial charge in [0.15, 0.2) is 12.2 Å².